The number of ether oxygens (including phenoxy) is 2. The first-order chi connectivity index (χ1) is 13.6. The molecule has 0 radical (unpaired) electrons. The largest absolute Gasteiger partial charge is 0.490 e. The van der Waals surface area contributed by atoms with E-state index in [1.165, 1.54) is 6.07 Å². The predicted molar refractivity (Wildman–Crippen MR) is 119 cm³/mol. The summed E-state index contributed by atoms with van der Waals surface area (Å²) in [5.74, 6) is 0.952. The van der Waals surface area contributed by atoms with E-state index >= 15 is 0 Å². The van der Waals surface area contributed by atoms with Gasteiger partial charge in [-0.25, -0.2) is 4.39 Å². The zero-order valence-electron chi connectivity index (χ0n) is 15.8. The number of benzene rings is 3. The van der Waals surface area contributed by atoms with Gasteiger partial charge in [-0.1, -0.05) is 36.4 Å². The Morgan fingerprint density at radius 2 is 1.79 bits per heavy atom. The van der Waals surface area contributed by atoms with Crippen molar-refractivity contribution >= 4 is 34.5 Å². The molecule has 0 bridgehead atoms. The lowest BCUT2D eigenvalue weighted by Crippen LogP contribution is -2.03. The highest BCUT2D eigenvalue weighted by molar-refractivity contribution is 14.1. The van der Waals surface area contributed by atoms with Crippen molar-refractivity contribution in [2.75, 3.05) is 6.61 Å². The molecular formula is C23H21FINO2. The average Bonchev–Trinajstić information content (AvgIpc) is 2.68. The van der Waals surface area contributed by atoms with Crippen molar-refractivity contribution in [1.29, 1.82) is 0 Å². The highest BCUT2D eigenvalue weighted by atomic mass is 127. The average molecular weight is 489 g/mol. The summed E-state index contributed by atoms with van der Waals surface area (Å²) in [5, 5.41) is 0. The molecule has 3 aromatic carbocycles. The molecule has 0 atom stereocenters. The van der Waals surface area contributed by atoms with E-state index in [2.05, 4.69) is 27.6 Å². The van der Waals surface area contributed by atoms with Crippen molar-refractivity contribution in [2.45, 2.75) is 20.5 Å². The van der Waals surface area contributed by atoms with Crippen molar-refractivity contribution < 1.29 is 13.9 Å². The summed E-state index contributed by atoms with van der Waals surface area (Å²) in [6.07, 6.45) is 1.81. The monoisotopic (exact) mass is 489 g/mol. The molecule has 28 heavy (non-hydrogen) atoms. The van der Waals surface area contributed by atoms with Crippen LogP contribution in [0.25, 0.3) is 0 Å². The second kappa shape index (κ2) is 9.68. The van der Waals surface area contributed by atoms with Crippen molar-refractivity contribution in [3.63, 3.8) is 0 Å². The SMILES string of the molecule is CCOc1cc(C=Nc2ccccc2C)cc(I)c1OCc1ccccc1F. The first-order valence-electron chi connectivity index (χ1n) is 9.00. The highest BCUT2D eigenvalue weighted by Gasteiger charge is 2.13. The maximum atomic E-state index is 13.9. The minimum atomic E-state index is -0.280. The topological polar surface area (TPSA) is 30.8 Å². The molecule has 0 N–H and O–H groups in total. The Hall–Kier alpha value is -2.41. The molecule has 3 nitrogen and oxygen atoms in total. The van der Waals surface area contributed by atoms with Crippen LogP contribution in [-0.2, 0) is 6.61 Å². The number of hydrogen-bond donors (Lipinski definition) is 0. The Morgan fingerprint density at radius 1 is 1.04 bits per heavy atom. The third-order valence-corrected chi connectivity index (χ3v) is 4.93. The smallest absolute Gasteiger partial charge is 0.175 e. The van der Waals surface area contributed by atoms with Gasteiger partial charge in [-0.3, -0.25) is 4.99 Å². The lowest BCUT2D eigenvalue weighted by Gasteiger charge is -2.15. The third-order valence-electron chi connectivity index (χ3n) is 4.13. The normalized spacial score (nSPS) is 11.0. The number of para-hydroxylation sites is 1. The second-order valence-electron chi connectivity index (χ2n) is 6.19. The van der Waals surface area contributed by atoms with Crippen LogP contribution < -0.4 is 9.47 Å². The van der Waals surface area contributed by atoms with Gasteiger partial charge in [0.1, 0.15) is 12.4 Å². The summed E-state index contributed by atoms with van der Waals surface area (Å²) in [4.78, 5) is 4.58. The van der Waals surface area contributed by atoms with E-state index in [0.29, 0.717) is 23.7 Å². The molecule has 0 heterocycles. The fourth-order valence-corrected chi connectivity index (χ4v) is 3.46. The summed E-state index contributed by atoms with van der Waals surface area (Å²) in [6, 6.07) is 18.4. The molecule has 0 saturated heterocycles. The molecule has 0 saturated carbocycles. The van der Waals surface area contributed by atoms with Crippen molar-refractivity contribution in [3.8, 4) is 11.5 Å². The van der Waals surface area contributed by atoms with Gasteiger partial charge in [0.25, 0.3) is 0 Å². The zero-order chi connectivity index (χ0) is 19.9. The summed E-state index contributed by atoms with van der Waals surface area (Å²) in [7, 11) is 0. The minimum absolute atomic E-state index is 0.138. The number of hydrogen-bond acceptors (Lipinski definition) is 3. The lowest BCUT2D eigenvalue weighted by molar-refractivity contribution is 0.264. The van der Waals surface area contributed by atoms with E-state index in [1.807, 2.05) is 56.5 Å². The number of nitrogens with zero attached hydrogens (tertiary/aromatic N) is 1. The van der Waals surface area contributed by atoms with Gasteiger partial charge in [-0.15, -0.1) is 0 Å². The Bertz CT molecular complexity index is 988. The quantitative estimate of drug-likeness (QED) is 0.282. The van der Waals surface area contributed by atoms with Crippen LogP contribution in [-0.4, -0.2) is 12.8 Å². The van der Waals surface area contributed by atoms with Crippen LogP contribution in [0.2, 0.25) is 0 Å². The first-order valence-corrected chi connectivity index (χ1v) is 10.1. The van der Waals surface area contributed by atoms with Crippen LogP contribution in [0.3, 0.4) is 0 Å². The van der Waals surface area contributed by atoms with Gasteiger partial charge in [0.15, 0.2) is 11.5 Å². The highest BCUT2D eigenvalue weighted by Crippen LogP contribution is 2.35. The van der Waals surface area contributed by atoms with E-state index < -0.39 is 0 Å². The van der Waals surface area contributed by atoms with Gasteiger partial charge in [-0.05, 0) is 71.8 Å². The van der Waals surface area contributed by atoms with Crippen molar-refractivity contribution in [2.24, 2.45) is 4.99 Å². The van der Waals surface area contributed by atoms with Crippen molar-refractivity contribution in [3.05, 3.63) is 86.7 Å². The summed E-state index contributed by atoms with van der Waals surface area (Å²) in [6.45, 7) is 4.59. The van der Waals surface area contributed by atoms with E-state index in [1.54, 1.807) is 18.2 Å². The standard InChI is InChI=1S/C23H21FINO2/c1-3-27-22-13-17(14-26-21-11-7-4-8-16(21)2)12-20(25)23(22)28-15-18-9-5-6-10-19(18)24/h4-14H,3,15H2,1-2H3. The molecule has 5 heteroatoms. The molecule has 3 rings (SSSR count). The molecule has 0 aromatic heterocycles. The van der Waals surface area contributed by atoms with E-state index in [-0.39, 0.29) is 12.4 Å². The Kier molecular flexibility index (Phi) is 7.03. The van der Waals surface area contributed by atoms with Gasteiger partial charge < -0.3 is 9.47 Å². The van der Waals surface area contributed by atoms with Crippen LogP contribution in [0.4, 0.5) is 10.1 Å². The number of halogens is 2. The van der Waals surface area contributed by atoms with E-state index in [0.717, 1.165) is 20.4 Å². The van der Waals surface area contributed by atoms with Crippen LogP contribution >= 0.6 is 22.6 Å². The Labute approximate surface area is 178 Å². The number of aliphatic imine (C=N–C) groups is 1. The maximum Gasteiger partial charge on any atom is 0.175 e. The molecule has 0 fully saturated rings. The first kappa shape index (κ1) is 20.3. The molecule has 0 spiro atoms. The molecule has 0 aliphatic heterocycles. The maximum absolute atomic E-state index is 13.9. The Morgan fingerprint density at radius 3 is 2.54 bits per heavy atom. The van der Waals surface area contributed by atoms with Gasteiger partial charge in [0.05, 0.1) is 15.9 Å². The minimum Gasteiger partial charge on any atom is -0.490 e. The van der Waals surface area contributed by atoms with E-state index in [4.69, 9.17) is 9.47 Å². The zero-order valence-corrected chi connectivity index (χ0v) is 17.9. The summed E-state index contributed by atoms with van der Waals surface area (Å²) < 4.78 is 26.4. The van der Waals surface area contributed by atoms with Gasteiger partial charge in [0.2, 0.25) is 0 Å². The molecule has 144 valence electrons. The van der Waals surface area contributed by atoms with Gasteiger partial charge in [-0.2, -0.15) is 0 Å². The number of rotatable bonds is 7. The van der Waals surface area contributed by atoms with Crippen LogP contribution in [0.15, 0.2) is 65.7 Å². The third kappa shape index (κ3) is 5.10. The Balaban J connectivity index is 1.85. The number of aryl methyl sites for hydroxylation is 1. The van der Waals surface area contributed by atoms with Crippen LogP contribution in [0, 0.1) is 16.3 Å². The predicted octanol–water partition coefficient (Wildman–Crippen LogP) is 6.47. The van der Waals surface area contributed by atoms with Crippen LogP contribution in [0.5, 0.6) is 11.5 Å². The fourth-order valence-electron chi connectivity index (χ4n) is 2.68. The molecular weight excluding hydrogens is 468 g/mol. The van der Waals surface area contributed by atoms with Crippen LogP contribution in [0.1, 0.15) is 23.6 Å². The fraction of sp³-hybridized carbons (Fsp3) is 0.174. The lowest BCUT2D eigenvalue weighted by atomic mass is 10.2. The second-order valence-corrected chi connectivity index (χ2v) is 7.35. The summed E-state index contributed by atoms with van der Waals surface area (Å²) in [5.41, 5.74) is 3.46. The van der Waals surface area contributed by atoms with E-state index in [9.17, 15) is 4.39 Å². The van der Waals surface area contributed by atoms with Gasteiger partial charge in [0, 0.05) is 11.8 Å². The molecule has 0 aliphatic rings. The molecule has 0 aliphatic carbocycles. The van der Waals surface area contributed by atoms with Crippen molar-refractivity contribution in [1.82, 2.24) is 0 Å². The molecule has 0 amide bonds. The summed E-state index contributed by atoms with van der Waals surface area (Å²) >= 11 is 2.20. The van der Waals surface area contributed by atoms with Gasteiger partial charge >= 0.3 is 0 Å². The molecule has 3 aromatic rings. The molecule has 0 unspecified atom stereocenters.